The number of carbonyl (C=O) groups excluding carboxylic acids is 2. The van der Waals surface area contributed by atoms with Gasteiger partial charge in [0, 0.05) is 11.0 Å². The van der Waals surface area contributed by atoms with Crippen molar-refractivity contribution < 1.29 is 19.1 Å². The van der Waals surface area contributed by atoms with Gasteiger partial charge in [-0.2, -0.15) is 0 Å². The van der Waals surface area contributed by atoms with Crippen molar-refractivity contribution in [3.63, 3.8) is 0 Å². The van der Waals surface area contributed by atoms with E-state index in [2.05, 4.69) is 6.58 Å². The fraction of sp³-hybridized carbons (Fsp3) is 0.714. The number of hydrogen-bond donors (Lipinski definition) is 0. The van der Waals surface area contributed by atoms with Gasteiger partial charge in [0.2, 0.25) is 0 Å². The molecule has 2 aliphatic carbocycles. The van der Waals surface area contributed by atoms with Gasteiger partial charge in [-0.15, -0.1) is 0 Å². The maximum atomic E-state index is 11.5. The van der Waals surface area contributed by atoms with Crippen molar-refractivity contribution in [2.75, 3.05) is 6.61 Å². The first kappa shape index (κ1) is 11.8. The Kier molecular flexibility index (Phi) is 2.50. The molecule has 4 heteroatoms. The zero-order valence-corrected chi connectivity index (χ0v) is 10.6. The van der Waals surface area contributed by atoms with Gasteiger partial charge < -0.3 is 9.47 Å². The number of cyclic esters (lactones) is 1. The van der Waals surface area contributed by atoms with Crippen LogP contribution in [-0.2, 0) is 19.1 Å². The van der Waals surface area contributed by atoms with E-state index in [-0.39, 0.29) is 23.5 Å². The van der Waals surface area contributed by atoms with Gasteiger partial charge in [-0.1, -0.05) is 6.58 Å². The van der Waals surface area contributed by atoms with Crippen LogP contribution in [0, 0.1) is 17.3 Å². The van der Waals surface area contributed by atoms with E-state index in [1.165, 1.54) is 0 Å². The highest BCUT2D eigenvalue weighted by Gasteiger charge is 2.59. The molecule has 0 N–H and O–H groups in total. The lowest BCUT2D eigenvalue weighted by atomic mass is 9.72. The van der Waals surface area contributed by atoms with E-state index in [1.807, 2.05) is 0 Å². The van der Waals surface area contributed by atoms with Crippen molar-refractivity contribution in [1.82, 2.24) is 0 Å². The summed E-state index contributed by atoms with van der Waals surface area (Å²) in [5.41, 5.74) is 0.500. The lowest BCUT2D eigenvalue weighted by Gasteiger charge is -2.34. The smallest absolute Gasteiger partial charge is 0.333 e. The molecule has 1 spiro atoms. The summed E-state index contributed by atoms with van der Waals surface area (Å²) in [5, 5.41) is 0. The molecule has 0 aromatic rings. The minimum Gasteiger partial charge on any atom is -0.465 e. The monoisotopic (exact) mass is 250 g/mol. The molecule has 0 amide bonds. The Morgan fingerprint density at radius 2 is 2.28 bits per heavy atom. The second-order valence-corrected chi connectivity index (χ2v) is 6.06. The largest absolute Gasteiger partial charge is 0.465 e. The van der Waals surface area contributed by atoms with E-state index in [0.717, 1.165) is 19.3 Å². The van der Waals surface area contributed by atoms with Crippen molar-refractivity contribution in [3.05, 3.63) is 12.2 Å². The van der Waals surface area contributed by atoms with Crippen molar-refractivity contribution in [3.8, 4) is 0 Å². The Balaban J connectivity index is 1.66. The van der Waals surface area contributed by atoms with Gasteiger partial charge in [0.1, 0.15) is 6.10 Å². The van der Waals surface area contributed by atoms with Crippen LogP contribution in [0.1, 0.15) is 32.6 Å². The molecule has 1 saturated heterocycles. The van der Waals surface area contributed by atoms with E-state index >= 15 is 0 Å². The SMILES string of the molecule is C=C(C)C(=O)OC1CC2C[C@H]1CC21COC(=O)C1. The summed E-state index contributed by atoms with van der Waals surface area (Å²) in [5.74, 6) is 0.503. The molecule has 0 aromatic heterocycles. The summed E-state index contributed by atoms with van der Waals surface area (Å²) in [7, 11) is 0. The second kappa shape index (κ2) is 3.84. The number of carbonyl (C=O) groups is 2. The average Bonchev–Trinajstić information content (AvgIpc) is 2.94. The van der Waals surface area contributed by atoms with E-state index < -0.39 is 0 Å². The van der Waals surface area contributed by atoms with Crippen LogP contribution in [0.4, 0.5) is 0 Å². The average molecular weight is 250 g/mol. The molecule has 98 valence electrons. The summed E-state index contributed by atoms with van der Waals surface area (Å²) in [6.45, 7) is 5.83. The molecule has 0 radical (unpaired) electrons. The fourth-order valence-corrected chi connectivity index (χ4v) is 3.88. The standard InChI is InChI=1S/C14H18O4/c1-8(2)13(16)18-11-4-10-3-9(11)5-14(10)6-12(15)17-7-14/h9-11H,1,3-7H2,2H3/t9-,10?,11?,14?/m0/s1. The number of hydrogen-bond acceptors (Lipinski definition) is 4. The van der Waals surface area contributed by atoms with Crippen molar-refractivity contribution >= 4 is 11.9 Å². The number of ether oxygens (including phenoxy) is 2. The van der Waals surface area contributed by atoms with Gasteiger partial charge in [0.15, 0.2) is 0 Å². The molecule has 0 aromatic carbocycles. The highest BCUT2D eigenvalue weighted by atomic mass is 16.5. The van der Waals surface area contributed by atoms with Crippen LogP contribution < -0.4 is 0 Å². The molecule has 2 bridgehead atoms. The third kappa shape index (κ3) is 1.66. The minimum absolute atomic E-state index is 0.0144. The van der Waals surface area contributed by atoms with Crippen molar-refractivity contribution in [2.24, 2.45) is 17.3 Å². The Bertz CT molecular complexity index is 428. The highest BCUT2D eigenvalue weighted by Crippen LogP contribution is 2.60. The topological polar surface area (TPSA) is 52.6 Å². The number of rotatable bonds is 2. The predicted molar refractivity (Wildman–Crippen MR) is 63.5 cm³/mol. The first-order valence-electron chi connectivity index (χ1n) is 6.52. The maximum absolute atomic E-state index is 11.5. The van der Waals surface area contributed by atoms with E-state index in [0.29, 0.717) is 30.4 Å². The van der Waals surface area contributed by atoms with Crippen LogP contribution in [0.15, 0.2) is 12.2 Å². The zero-order chi connectivity index (χ0) is 12.9. The van der Waals surface area contributed by atoms with Crippen LogP contribution in [0.5, 0.6) is 0 Å². The second-order valence-electron chi connectivity index (χ2n) is 6.06. The summed E-state index contributed by atoms with van der Waals surface area (Å²) in [6, 6.07) is 0. The molecule has 3 fully saturated rings. The Morgan fingerprint density at radius 1 is 1.50 bits per heavy atom. The first-order valence-corrected chi connectivity index (χ1v) is 6.52. The Morgan fingerprint density at radius 3 is 2.78 bits per heavy atom. The normalized spacial score (nSPS) is 41.2. The molecule has 3 unspecified atom stereocenters. The van der Waals surface area contributed by atoms with Crippen LogP contribution in [0.2, 0.25) is 0 Å². The molecule has 3 rings (SSSR count). The van der Waals surface area contributed by atoms with E-state index in [9.17, 15) is 9.59 Å². The quantitative estimate of drug-likeness (QED) is 0.554. The molecule has 18 heavy (non-hydrogen) atoms. The van der Waals surface area contributed by atoms with E-state index in [4.69, 9.17) is 9.47 Å². The molecular formula is C14H18O4. The summed E-state index contributed by atoms with van der Waals surface area (Å²) in [6.07, 6.45) is 3.46. The van der Waals surface area contributed by atoms with Crippen LogP contribution in [-0.4, -0.2) is 24.6 Å². The van der Waals surface area contributed by atoms with Crippen LogP contribution >= 0.6 is 0 Å². The van der Waals surface area contributed by atoms with Gasteiger partial charge in [-0.05, 0) is 38.0 Å². The highest BCUT2D eigenvalue weighted by molar-refractivity contribution is 5.87. The molecule has 4 atom stereocenters. The first-order chi connectivity index (χ1) is 8.50. The van der Waals surface area contributed by atoms with Gasteiger partial charge in [0.25, 0.3) is 0 Å². The Hall–Kier alpha value is -1.32. The number of esters is 2. The lowest BCUT2D eigenvalue weighted by molar-refractivity contribution is -0.148. The molecular weight excluding hydrogens is 232 g/mol. The van der Waals surface area contributed by atoms with Gasteiger partial charge in [-0.3, -0.25) is 4.79 Å². The maximum Gasteiger partial charge on any atom is 0.333 e. The third-order valence-electron chi connectivity index (χ3n) is 4.79. The number of fused-ring (bicyclic) bond motifs is 3. The van der Waals surface area contributed by atoms with Gasteiger partial charge in [-0.25, -0.2) is 4.79 Å². The molecule has 4 nitrogen and oxygen atoms in total. The summed E-state index contributed by atoms with van der Waals surface area (Å²) in [4.78, 5) is 22.8. The molecule has 3 aliphatic rings. The zero-order valence-electron chi connectivity index (χ0n) is 10.6. The van der Waals surface area contributed by atoms with Crippen LogP contribution in [0.25, 0.3) is 0 Å². The minimum atomic E-state index is -0.291. The van der Waals surface area contributed by atoms with Crippen LogP contribution in [0.3, 0.4) is 0 Å². The predicted octanol–water partition coefficient (Wildman–Crippen LogP) is 1.84. The van der Waals surface area contributed by atoms with Gasteiger partial charge >= 0.3 is 11.9 Å². The van der Waals surface area contributed by atoms with E-state index in [1.54, 1.807) is 6.92 Å². The van der Waals surface area contributed by atoms with Gasteiger partial charge in [0.05, 0.1) is 13.0 Å². The third-order valence-corrected chi connectivity index (χ3v) is 4.79. The Labute approximate surface area is 106 Å². The van der Waals surface area contributed by atoms with Crippen molar-refractivity contribution in [1.29, 1.82) is 0 Å². The summed E-state index contributed by atoms with van der Waals surface area (Å²) < 4.78 is 10.6. The molecule has 1 aliphatic heterocycles. The fourth-order valence-electron chi connectivity index (χ4n) is 3.88. The molecule has 1 heterocycles. The van der Waals surface area contributed by atoms with Crippen molar-refractivity contribution in [2.45, 2.75) is 38.7 Å². The molecule has 2 saturated carbocycles. The lowest BCUT2D eigenvalue weighted by Crippen LogP contribution is -2.35. The summed E-state index contributed by atoms with van der Waals surface area (Å²) >= 11 is 0.